The van der Waals surface area contributed by atoms with Gasteiger partial charge in [-0.25, -0.2) is 4.98 Å². The van der Waals surface area contributed by atoms with Crippen molar-refractivity contribution in [3.8, 4) is 0 Å². The first-order valence-electron chi connectivity index (χ1n) is 9.95. The van der Waals surface area contributed by atoms with E-state index in [1.54, 1.807) is 24.4 Å². The second-order valence-electron chi connectivity index (χ2n) is 7.14. The van der Waals surface area contributed by atoms with Crippen LogP contribution in [0.2, 0.25) is 5.02 Å². The first-order chi connectivity index (χ1) is 14.9. The molecule has 0 saturated carbocycles. The summed E-state index contributed by atoms with van der Waals surface area (Å²) in [6.45, 7) is 2.03. The van der Waals surface area contributed by atoms with Crippen LogP contribution >= 0.6 is 11.6 Å². The Morgan fingerprint density at radius 3 is 2.65 bits per heavy atom. The van der Waals surface area contributed by atoms with Crippen molar-refractivity contribution >= 4 is 34.5 Å². The predicted molar refractivity (Wildman–Crippen MR) is 121 cm³/mol. The Morgan fingerprint density at radius 2 is 2.00 bits per heavy atom. The highest BCUT2D eigenvalue weighted by Gasteiger charge is 2.18. The van der Waals surface area contributed by atoms with Gasteiger partial charge in [-0.3, -0.25) is 9.00 Å². The van der Waals surface area contributed by atoms with E-state index in [-0.39, 0.29) is 11.9 Å². The number of halogens is 1. The van der Waals surface area contributed by atoms with Crippen LogP contribution in [0.15, 0.2) is 54.7 Å². The van der Waals surface area contributed by atoms with Gasteiger partial charge in [-0.15, -0.1) is 0 Å². The molecule has 1 heterocycles. The van der Waals surface area contributed by atoms with E-state index in [9.17, 15) is 13.6 Å². The summed E-state index contributed by atoms with van der Waals surface area (Å²) in [5, 5.41) is 3.72. The highest BCUT2D eigenvalue weighted by Crippen LogP contribution is 2.19. The van der Waals surface area contributed by atoms with Crippen molar-refractivity contribution in [2.24, 2.45) is 0 Å². The summed E-state index contributed by atoms with van der Waals surface area (Å²) >= 11 is 3.65. The van der Waals surface area contributed by atoms with E-state index in [0.29, 0.717) is 35.8 Å². The fraction of sp³-hybridized carbons (Fsp3) is 0.273. The summed E-state index contributed by atoms with van der Waals surface area (Å²) in [6.07, 6.45) is 4.02. The van der Waals surface area contributed by atoms with Crippen LogP contribution in [0, 0.1) is 0 Å². The summed E-state index contributed by atoms with van der Waals surface area (Å²) in [5.41, 5.74) is 3.41. The first kappa shape index (κ1) is 23.0. The molecule has 1 aromatic heterocycles. The number of rotatable bonds is 10. The average Bonchev–Trinajstić information content (AvgIpc) is 3.22. The molecule has 31 heavy (non-hydrogen) atoms. The van der Waals surface area contributed by atoms with Gasteiger partial charge in [0.05, 0.1) is 6.04 Å². The first-order valence-corrected chi connectivity index (χ1v) is 11.4. The second-order valence-corrected chi connectivity index (χ2v) is 8.25. The number of aryl methyl sites for hydroxylation is 2. The molecule has 3 N–H and O–H groups in total. The molecule has 0 bridgehead atoms. The fourth-order valence-corrected chi connectivity index (χ4v) is 3.75. The molecular weight excluding hydrogens is 436 g/mol. The molecule has 2 atom stereocenters. The van der Waals surface area contributed by atoms with Crippen molar-refractivity contribution in [3.63, 3.8) is 0 Å². The molecule has 1 unspecified atom stereocenters. The number of aromatic amines is 1. The van der Waals surface area contributed by atoms with Crippen LogP contribution in [0.5, 0.6) is 0 Å². The number of hydrogen-bond acceptors (Lipinski definition) is 4. The number of imidazole rings is 1. The van der Waals surface area contributed by atoms with Crippen molar-refractivity contribution in [3.05, 3.63) is 82.4 Å². The minimum absolute atomic E-state index is 0.0838. The van der Waals surface area contributed by atoms with Gasteiger partial charge in [-0.1, -0.05) is 42.8 Å². The molecule has 3 rings (SSSR count). The molecule has 164 valence electrons. The zero-order chi connectivity index (χ0) is 22.2. The predicted octanol–water partition coefficient (Wildman–Crippen LogP) is 3.86. The Bertz CT molecular complexity index is 1040. The Hall–Kier alpha value is -2.68. The van der Waals surface area contributed by atoms with Gasteiger partial charge in [0.25, 0.3) is 0 Å². The number of aromatic nitrogens is 2. The van der Waals surface area contributed by atoms with E-state index in [1.165, 1.54) is 0 Å². The molecule has 2 aromatic carbocycles. The number of anilines is 1. The molecular formula is C22H24ClN4O3S-. The van der Waals surface area contributed by atoms with Crippen molar-refractivity contribution in [1.29, 1.82) is 0 Å². The molecule has 0 aliphatic carbocycles. The van der Waals surface area contributed by atoms with E-state index < -0.39 is 11.3 Å². The summed E-state index contributed by atoms with van der Waals surface area (Å²) in [6, 6.07) is 14.2. The van der Waals surface area contributed by atoms with Crippen LogP contribution in [-0.4, -0.2) is 24.6 Å². The van der Waals surface area contributed by atoms with Crippen molar-refractivity contribution < 1.29 is 13.6 Å². The summed E-state index contributed by atoms with van der Waals surface area (Å²) < 4.78 is 23.9. The second kappa shape index (κ2) is 11.1. The number of benzene rings is 2. The van der Waals surface area contributed by atoms with E-state index in [0.717, 1.165) is 23.2 Å². The zero-order valence-electron chi connectivity index (χ0n) is 17.1. The maximum Gasteiger partial charge on any atom is 0.220 e. The van der Waals surface area contributed by atoms with Gasteiger partial charge in [-0.05, 0) is 54.7 Å². The van der Waals surface area contributed by atoms with Gasteiger partial charge in [-0.2, -0.15) is 0 Å². The van der Waals surface area contributed by atoms with Crippen LogP contribution in [0.3, 0.4) is 0 Å². The molecule has 1 amide bonds. The lowest BCUT2D eigenvalue weighted by atomic mass is 10.0. The van der Waals surface area contributed by atoms with Crippen LogP contribution in [0.25, 0.3) is 0 Å². The molecule has 9 heteroatoms. The number of nitrogens with one attached hydrogen (secondary N) is 3. The van der Waals surface area contributed by atoms with Crippen LogP contribution in [0.4, 0.5) is 5.69 Å². The smallest absolute Gasteiger partial charge is 0.220 e. The van der Waals surface area contributed by atoms with Crippen LogP contribution in [-0.2, 0) is 35.3 Å². The number of amides is 1. The lowest BCUT2D eigenvalue weighted by molar-refractivity contribution is -0.121. The number of carbonyl (C=O) groups excluding carboxylic acids is 1. The summed E-state index contributed by atoms with van der Waals surface area (Å²) in [5.74, 6) is 0.607. The lowest BCUT2D eigenvalue weighted by Crippen LogP contribution is -2.31. The highest BCUT2D eigenvalue weighted by atomic mass is 35.5. The van der Waals surface area contributed by atoms with E-state index in [4.69, 9.17) is 11.6 Å². The summed E-state index contributed by atoms with van der Waals surface area (Å²) in [4.78, 5) is 20.4. The molecule has 0 saturated heterocycles. The third kappa shape index (κ3) is 7.20. The third-order valence-electron chi connectivity index (χ3n) is 4.82. The van der Waals surface area contributed by atoms with Crippen molar-refractivity contribution in [2.45, 2.75) is 38.6 Å². The van der Waals surface area contributed by atoms with Gasteiger partial charge in [0.1, 0.15) is 5.82 Å². The SMILES string of the molecule is CCc1cnc([C@H](Cc2ccc(NS(=O)[O-])cc2)NC(=O)CCc2cccc(Cl)c2)[nH]1. The largest absolute Gasteiger partial charge is 0.755 e. The quantitative estimate of drug-likeness (QED) is 0.400. The van der Waals surface area contributed by atoms with Crippen molar-refractivity contribution in [1.82, 2.24) is 15.3 Å². The van der Waals surface area contributed by atoms with Crippen LogP contribution in [0.1, 0.15) is 42.0 Å². The van der Waals surface area contributed by atoms with Gasteiger partial charge in [0.15, 0.2) is 0 Å². The molecule has 0 radical (unpaired) electrons. The molecule has 0 aliphatic heterocycles. The topological polar surface area (TPSA) is 110 Å². The minimum Gasteiger partial charge on any atom is -0.755 e. The van der Waals surface area contributed by atoms with Crippen molar-refractivity contribution in [2.75, 3.05) is 4.72 Å². The molecule has 3 aromatic rings. The van der Waals surface area contributed by atoms with E-state index >= 15 is 0 Å². The number of nitrogens with zero attached hydrogens (tertiary/aromatic N) is 1. The number of H-pyrrole nitrogens is 1. The van der Waals surface area contributed by atoms with Gasteiger partial charge >= 0.3 is 0 Å². The van der Waals surface area contributed by atoms with Gasteiger partial charge < -0.3 is 19.6 Å². The standard InChI is InChI=1S/C22H25ClN4O3S/c1-2-18-14-24-22(25-18)20(13-16-6-9-19(10-7-16)27-31(29)30)26-21(28)11-8-15-4-3-5-17(23)12-15/h3-7,9-10,12,14,20,27H,2,8,11,13H2,1H3,(H,24,25)(H,26,28)(H,29,30)/p-1/t20-/m0/s1. The maximum atomic E-state index is 12.7. The summed E-state index contributed by atoms with van der Waals surface area (Å²) in [7, 11) is 0. The normalized spacial score (nSPS) is 12.9. The van der Waals surface area contributed by atoms with Gasteiger partial charge in [0.2, 0.25) is 5.91 Å². The minimum atomic E-state index is -2.37. The van der Waals surface area contributed by atoms with Crippen LogP contribution < -0.4 is 10.0 Å². The average molecular weight is 460 g/mol. The Labute approximate surface area is 189 Å². The van der Waals surface area contributed by atoms with E-state index in [2.05, 4.69) is 20.0 Å². The monoisotopic (exact) mass is 459 g/mol. The lowest BCUT2D eigenvalue weighted by Gasteiger charge is -2.18. The molecule has 7 nitrogen and oxygen atoms in total. The number of hydrogen-bond donors (Lipinski definition) is 3. The Balaban J connectivity index is 1.68. The molecule has 0 spiro atoms. The molecule has 0 aliphatic rings. The molecule has 0 fully saturated rings. The number of carbonyl (C=O) groups is 1. The zero-order valence-corrected chi connectivity index (χ0v) is 18.6. The Kier molecular flexibility index (Phi) is 8.22. The highest BCUT2D eigenvalue weighted by molar-refractivity contribution is 7.80. The maximum absolute atomic E-state index is 12.7. The Morgan fingerprint density at radius 1 is 1.23 bits per heavy atom. The van der Waals surface area contributed by atoms with E-state index in [1.807, 2.05) is 37.3 Å². The fourth-order valence-electron chi connectivity index (χ4n) is 3.21. The third-order valence-corrected chi connectivity index (χ3v) is 5.46. The van der Waals surface area contributed by atoms with Gasteiger partial charge in [0, 0.05) is 40.3 Å².